The van der Waals surface area contributed by atoms with Gasteiger partial charge < -0.3 is 10.1 Å². The number of nitro benzene ring substituents is 1. The highest BCUT2D eigenvalue weighted by Crippen LogP contribution is 2.20. The molecule has 0 saturated carbocycles. The van der Waals surface area contributed by atoms with E-state index < -0.39 is 23.8 Å². The molecule has 0 fully saturated rings. The first-order valence-corrected chi connectivity index (χ1v) is 5.04. The van der Waals surface area contributed by atoms with Crippen molar-refractivity contribution in [2.45, 2.75) is 6.43 Å². The van der Waals surface area contributed by atoms with E-state index in [9.17, 15) is 23.3 Å². The monoisotopic (exact) mass is 264 g/mol. The van der Waals surface area contributed by atoms with Crippen molar-refractivity contribution in [1.82, 2.24) is 0 Å². The number of non-ortho nitro benzene ring substituents is 1. The predicted molar refractivity (Wildman–Crippen MR) is 58.4 cm³/mol. The minimum atomic E-state index is -2.54. The molecule has 0 aliphatic rings. The number of ether oxygens (including phenoxy) is 1. The Bertz CT molecular complexity index is 415. The van der Waals surface area contributed by atoms with E-state index in [-0.39, 0.29) is 24.5 Å². The number of halogens is 3. The van der Waals surface area contributed by atoms with Gasteiger partial charge in [-0.3, -0.25) is 10.1 Å². The van der Waals surface area contributed by atoms with Gasteiger partial charge in [0.05, 0.1) is 23.3 Å². The van der Waals surface area contributed by atoms with E-state index in [1.807, 2.05) is 0 Å². The Labute approximate surface area is 101 Å². The van der Waals surface area contributed by atoms with Crippen LogP contribution in [0.4, 0.5) is 24.5 Å². The van der Waals surface area contributed by atoms with Crippen LogP contribution in [0.3, 0.4) is 0 Å². The van der Waals surface area contributed by atoms with Gasteiger partial charge in [0.2, 0.25) is 0 Å². The lowest BCUT2D eigenvalue weighted by Gasteiger charge is -2.07. The van der Waals surface area contributed by atoms with Gasteiger partial charge in [-0.1, -0.05) is 0 Å². The molecular weight excluding hydrogens is 253 g/mol. The number of nitrogens with zero attached hydrogens (tertiary/aromatic N) is 1. The van der Waals surface area contributed by atoms with Gasteiger partial charge in [-0.2, -0.15) is 0 Å². The normalized spacial score (nSPS) is 10.7. The van der Waals surface area contributed by atoms with Gasteiger partial charge >= 0.3 is 0 Å². The molecule has 100 valence electrons. The van der Waals surface area contributed by atoms with E-state index in [2.05, 4.69) is 10.1 Å². The van der Waals surface area contributed by atoms with Gasteiger partial charge in [0.1, 0.15) is 6.61 Å². The molecule has 0 aromatic heterocycles. The number of rotatable bonds is 7. The molecule has 1 aromatic carbocycles. The fraction of sp³-hybridized carbons (Fsp3) is 0.400. The molecule has 0 radical (unpaired) electrons. The SMILES string of the molecule is O=[N+]([O-])c1ccc(NCCOCC(F)F)c(F)c1. The number of anilines is 1. The van der Waals surface area contributed by atoms with Crippen LogP contribution in [0.25, 0.3) is 0 Å². The molecule has 1 rings (SSSR count). The van der Waals surface area contributed by atoms with Crippen molar-refractivity contribution < 1.29 is 22.8 Å². The third-order valence-electron chi connectivity index (χ3n) is 1.97. The van der Waals surface area contributed by atoms with Gasteiger partial charge in [0.15, 0.2) is 5.82 Å². The summed E-state index contributed by atoms with van der Waals surface area (Å²) in [6, 6.07) is 3.13. The second kappa shape index (κ2) is 6.80. The number of nitro groups is 1. The van der Waals surface area contributed by atoms with Crippen molar-refractivity contribution in [2.75, 3.05) is 25.1 Å². The summed E-state index contributed by atoms with van der Waals surface area (Å²) >= 11 is 0. The molecule has 0 bridgehead atoms. The number of nitrogens with one attached hydrogen (secondary N) is 1. The molecule has 18 heavy (non-hydrogen) atoms. The number of alkyl halides is 2. The summed E-state index contributed by atoms with van der Waals surface area (Å²) in [4.78, 5) is 9.65. The number of benzene rings is 1. The molecule has 0 aliphatic heterocycles. The highest BCUT2D eigenvalue weighted by molar-refractivity contribution is 5.50. The van der Waals surface area contributed by atoms with Crippen LogP contribution in [0.5, 0.6) is 0 Å². The van der Waals surface area contributed by atoms with E-state index in [1.165, 1.54) is 6.07 Å². The maximum Gasteiger partial charge on any atom is 0.272 e. The second-order valence-electron chi connectivity index (χ2n) is 3.31. The van der Waals surface area contributed by atoms with Crippen molar-refractivity contribution in [3.63, 3.8) is 0 Å². The lowest BCUT2D eigenvalue weighted by molar-refractivity contribution is -0.385. The van der Waals surface area contributed by atoms with Crippen LogP contribution in [0, 0.1) is 15.9 Å². The molecule has 1 aromatic rings. The third-order valence-corrected chi connectivity index (χ3v) is 1.97. The lowest BCUT2D eigenvalue weighted by Crippen LogP contribution is -2.13. The Hall–Kier alpha value is -1.83. The first-order valence-electron chi connectivity index (χ1n) is 5.04. The standard InChI is InChI=1S/C10H11F3N2O3/c11-8-5-7(15(16)17)1-2-9(8)14-3-4-18-6-10(12)13/h1-2,5,10,14H,3-4,6H2. The van der Waals surface area contributed by atoms with Crippen molar-refractivity contribution in [2.24, 2.45) is 0 Å². The maximum absolute atomic E-state index is 13.3. The first kappa shape index (κ1) is 14.2. The molecular formula is C10H11F3N2O3. The Morgan fingerprint density at radius 1 is 1.44 bits per heavy atom. The molecule has 0 spiro atoms. The van der Waals surface area contributed by atoms with Gasteiger partial charge in [-0.05, 0) is 6.07 Å². The van der Waals surface area contributed by atoms with E-state index in [1.54, 1.807) is 0 Å². The minimum absolute atomic E-state index is 0.0131. The zero-order valence-electron chi connectivity index (χ0n) is 9.24. The van der Waals surface area contributed by atoms with Crippen LogP contribution < -0.4 is 5.32 Å². The quantitative estimate of drug-likeness (QED) is 0.466. The number of hydrogen-bond donors (Lipinski definition) is 1. The number of hydrogen-bond acceptors (Lipinski definition) is 4. The summed E-state index contributed by atoms with van der Waals surface area (Å²) in [6.45, 7) is -0.563. The summed E-state index contributed by atoms with van der Waals surface area (Å²) in [5.41, 5.74) is -0.298. The van der Waals surface area contributed by atoms with Crippen molar-refractivity contribution in [3.8, 4) is 0 Å². The zero-order valence-corrected chi connectivity index (χ0v) is 9.24. The average Bonchev–Trinajstić information content (AvgIpc) is 2.29. The van der Waals surface area contributed by atoms with Crippen molar-refractivity contribution in [1.29, 1.82) is 0 Å². The summed E-state index contributed by atoms with van der Waals surface area (Å²) in [5.74, 6) is -0.780. The summed E-state index contributed by atoms with van der Waals surface area (Å²) in [5, 5.41) is 12.9. The van der Waals surface area contributed by atoms with Crippen LogP contribution in [-0.2, 0) is 4.74 Å². The van der Waals surface area contributed by atoms with E-state index >= 15 is 0 Å². The van der Waals surface area contributed by atoms with Gasteiger partial charge in [0, 0.05) is 12.6 Å². The Morgan fingerprint density at radius 2 is 2.17 bits per heavy atom. The molecule has 1 N–H and O–H groups in total. The highest BCUT2D eigenvalue weighted by atomic mass is 19.3. The third kappa shape index (κ3) is 4.58. The minimum Gasteiger partial charge on any atom is -0.380 e. The van der Waals surface area contributed by atoms with E-state index in [0.29, 0.717) is 0 Å². The molecule has 0 heterocycles. The average molecular weight is 264 g/mol. The smallest absolute Gasteiger partial charge is 0.272 e. The fourth-order valence-electron chi connectivity index (χ4n) is 1.19. The van der Waals surface area contributed by atoms with Crippen LogP contribution >= 0.6 is 0 Å². The van der Waals surface area contributed by atoms with E-state index in [4.69, 9.17) is 0 Å². The molecule has 5 nitrogen and oxygen atoms in total. The highest BCUT2D eigenvalue weighted by Gasteiger charge is 2.10. The first-order chi connectivity index (χ1) is 8.50. The second-order valence-corrected chi connectivity index (χ2v) is 3.31. The topological polar surface area (TPSA) is 64.4 Å². The predicted octanol–water partition coefficient (Wildman–Crippen LogP) is 2.43. The maximum atomic E-state index is 13.3. The van der Waals surface area contributed by atoms with Crippen LogP contribution in [0.1, 0.15) is 0 Å². The summed E-state index contributed by atoms with van der Waals surface area (Å²) in [7, 11) is 0. The summed E-state index contributed by atoms with van der Waals surface area (Å²) in [6.07, 6.45) is -2.54. The fourth-order valence-corrected chi connectivity index (χ4v) is 1.19. The van der Waals surface area contributed by atoms with Crippen LogP contribution in [-0.4, -0.2) is 31.1 Å². The molecule has 0 atom stereocenters. The Balaban J connectivity index is 2.41. The Morgan fingerprint density at radius 3 is 2.72 bits per heavy atom. The molecule has 0 saturated heterocycles. The summed E-state index contributed by atoms with van der Waals surface area (Å²) < 4.78 is 41.3. The zero-order chi connectivity index (χ0) is 13.5. The van der Waals surface area contributed by atoms with Crippen molar-refractivity contribution >= 4 is 11.4 Å². The largest absolute Gasteiger partial charge is 0.380 e. The van der Waals surface area contributed by atoms with E-state index in [0.717, 1.165) is 12.1 Å². The van der Waals surface area contributed by atoms with Crippen molar-refractivity contribution in [3.05, 3.63) is 34.1 Å². The Kier molecular flexibility index (Phi) is 5.37. The van der Waals surface area contributed by atoms with Crippen LogP contribution in [0.2, 0.25) is 0 Å². The van der Waals surface area contributed by atoms with Gasteiger partial charge in [0.25, 0.3) is 12.1 Å². The lowest BCUT2D eigenvalue weighted by atomic mass is 10.2. The van der Waals surface area contributed by atoms with Gasteiger partial charge in [-0.15, -0.1) is 0 Å². The molecule has 0 unspecified atom stereocenters. The molecule has 8 heteroatoms. The molecule has 0 amide bonds. The van der Waals surface area contributed by atoms with Gasteiger partial charge in [-0.25, -0.2) is 13.2 Å². The molecule has 0 aliphatic carbocycles. The van der Waals surface area contributed by atoms with Crippen LogP contribution in [0.15, 0.2) is 18.2 Å².